The number of nitrogens with one attached hydrogen (secondary N) is 2. The molecule has 11 nitrogen and oxygen atoms in total. The van der Waals surface area contributed by atoms with E-state index in [1.807, 2.05) is 104 Å². The Kier molecular flexibility index (Phi) is 17.1. The van der Waals surface area contributed by atoms with E-state index in [4.69, 9.17) is 28.0 Å². The van der Waals surface area contributed by atoms with Crippen LogP contribution in [0.1, 0.15) is 37.4 Å². The third-order valence-corrected chi connectivity index (χ3v) is 10.8. The number of hydrogen-bond donors (Lipinski definition) is 4. The molecule has 0 bridgehead atoms. The second-order valence-electron chi connectivity index (χ2n) is 14.4. The van der Waals surface area contributed by atoms with E-state index < -0.39 is 5.91 Å². The van der Waals surface area contributed by atoms with Gasteiger partial charge in [0.15, 0.2) is 11.5 Å². The first kappa shape index (κ1) is 49.2. The molecule has 8 aromatic rings. The van der Waals surface area contributed by atoms with Crippen molar-refractivity contribution in [1.29, 1.82) is 0 Å². The van der Waals surface area contributed by atoms with Crippen molar-refractivity contribution in [1.82, 2.24) is 0 Å². The van der Waals surface area contributed by atoms with Crippen LogP contribution in [0.2, 0.25) is 10.0 Å². The number of rotatable bonds is 9. The van der Waals surface area contributed by atoms with Crippen molar-refractivity contribution in [3.8, 4) is 22.6 Å². The Bertz CT molecular complexity index is 3190. The predicted molar refractivity (Wildman–Crippen MR) is 287 cm³/mol. The number of nitrogens with zero attached hydrogens (tertiary/aromatic N) is 4. The Hall–Kier alpha value is -4.67. The van der Waals surface area contributed by atoms with Gasteiger partial charge in [-0.05, 0) is 83.4 Å². The fourth-order valence-electron chi connectivity index (χ4n) is 7.12. The number of amides is 1. The van der Waals surface area contributed by atoms with Crippen LogP contribution in [0.15, 0.2) is 166 Å². The molecular weight excluding hydrogens is 1260 g/mol. The van der Waals surface area contributed by atoms with Crippen molar-refractivity contribution in [3.05, 3.63) is 183 Å². The van der Waals surface area contributed by atoms with E-state index in [1.165, 1.54) is 7.05 Å². The van der Waals surface area contributed by atoms with Crippen molar-refractivity contribution in [2.75, 3.05) is 17.8 Å². The zero-order chi connectivity index (χ0) is 46.9. The van der Waals surface area contributed by atoms with E-state index in [1.54, 1.807) is 48.5 Å². The minimum atomic E-state index is -0.473. The molecule has 1 aliphatic carbocycles. The maximum absolute atomic E-state index is 13.0. The number of anilines is 2. The van der Waals surface area contributed by atoms with Crippen LogP contribution in [0.5, 0.6) is 11.5 Å². The molecule has 0 radical (unpaired) electrons. The van der Waals surface area contributed by atoms with Gasteiger partial charge < -0.3 is 15.5 Å². The standard InChI is InChI=1S/C31H22ClN3O3.C18H14ClN3O2.3HI.V/c1-18-10-12-23-24-13-11-21(16-26(24)31(37)25(23)14-18)33-34-29-22-7-3-2-6-19(22)15-20(30(29)36)17-38-35-28-9-5-4-8-27(28)32;1-20-22-16-12-7-3-2-6-11(12)10-13(17(16)23)18(24)21-15-9-5-4-8-14(15)19;;;;/h2-16,35-36H,17H2,1H3;2-10,23H,1H3,(H,21,24);3*1H;/q;;;;;+3/p-3. The molecule has 332 valence electrons. The molecule has 0 saturated carbocycles. The monoisotopic (exact) mass is 1290 g/mol. The van der Waals surface area contributed by atoms with Crippen molar-refractivity contribution in [3.63, 3.8) is 0 Å². The number of phenols is 2. The summed E-state index contributed by atoms with van der Waals surface area (Å²) in [7, 11) is 1.50. The van der Waals surface area contributed by atoms with Gasteiger partial charge in [0.05, 0.1) is 32.7 Å². The van der Waals surface area contributed by atoms with E-state index in [9.17, 15) is 19.8 Å². The fraction of sp³-hybridized carbons (Fsp3) is 0.0612. The first-order chi connectivity index (χ1) is 31.8. The summed E-state index contributed by atoms with van der Waals surface area (Å²) >= 11 is 19.6. The summed E-state index contributed by atoms with van der Waals surface area (Å²) < 4.78 is 0. The summed E-state index contributed by atoms with van der Waals surface area (Å²) in [5.41, 5.74) is 9.83. The van der Waals surface area contributed by atoms with E-state index >= 15 is 0 Å². The third kappa shape index (κ3) is 11.7. The Morgan fingerprint density at radius 2 is 1.20 bits per heavy atom. The Labute approximate surface area is 427 Å². The van der Waals surface area contributed by atoms with Crippen LogP contribution < -0.4 is 10.8 Å². The maximum atomic E-state index is 13.0. The number of aryl methyl sites for hydroxylation is 1. The number of hydrogen-bond acceptors (Lipinski definition) is 10. The molecule has 0 aliphatic heterocycles. The van der Waals surface area contributed by atoms with Crippen LogP contribution in [0.25, 0.3) is 32.7 Å². The molecule has 1 aliphatic rings. The number of fused-ring (bicyclic) bond motifs is 5. The molecule has 1 amide bonds. The summed E-state index contributed by atoms with van der Waals surface area (Å²) in [5, 5.41) is 44.9. The number of aromatic hydroxyl groups is 2. The van der Waals surface area contributed by atoms with Crippen LogP contribution in [0.3, 0.4) is 0 Å². The van der Waals surface area contributed by atoms with Gasteiger partial charge in [0, 0.05) is 34.5 Å². The molecule has 0 heterocycles. The first-order valence-electron chi connectivity index (χ1n) is 19.8. The second kappa shape index (κ2) is 22.9. The summed E-state index contributed by atoms with van der Waals surface area (Å²) in [4.78, 5) is 31.0. The van der Waals surface area contributed by atoms with Crippen molar-refractivity contribution < 1.29 is 29.6 Å². The van der Waals surface area contributed by atoms with Gasteiger partial charge >= 0.3 is 64.9 Å². The molecule has 0 unspecified atom stereocenters. The van der Waals surface area contributed by atoms with Crippen molar-refractivity contribution >= 4 is 145 Å². The van der Waals surface area contributed by atoms with Crippen LogP contribution in [0.4, 0.5) is 28.4 Å². The zero-order valence-electron chi connectivity index (χ0n) is 34.8. The van der Waals surface area contributed by atoms with Gasteiger partial charge in [-0.2, -0.15) is 15.3 Å². The number of carbonyl (C=O) groups excluding carboxylic acids is 2. The Morgan fingerprint density at radius 3 is 1.83 bits per heavy atom. The number of carbonyl (C=O) groups is 2. The SMILES string of the molecule is CN=Nc1c(O)c(C(=O)Nc2ccccc2Cl)cc2ccccc12.Cc1ccc2c(c1)C(=O)c1cc(N=Nc3c(O)c(CONc4ccccc4Cl)cc4ccccc34)ccc1-2.[I][V]([I])[I]. The number of azo groups is 2. The molecular formula is C49H36Cl2I3N6O5V. The molecule has 0 fully saturated rings. The number of ketones is 1. The van der Waals surface area contributed by atoms with E-state index in [2.05, 4.69) is 91.2 Å². The predicted octanol–water partition coefficient (Wildman–Crippen LogP) is 16.5. The second-order valence-corrected chi connectivity index (χ2v) is 50.6. The summed E-state index contributed by atoms with van der Waals surface area (Å²) in [6.07, 6.45) is 0. The van der Waals surface area contributed by atoms with Gasteiger partial charge in [-0.25, -0.2) is 0 Å². The number of para-hydroxylation sites is 2. The van der Waals surface area contributed by atoms with Crippen molar-refractivity contribution in [2.45, 2.75) is 13.5 Å². The molecule has 17 heteroatoms. The van der Waals surface area contributed by atoms with E-state index in [-0.39, 0.29) is 40.1 Å². The van der Waals surface area contributed by atoms with Gasteiger partial charge in [-0.3, -0.25) is 19.9 Å². The number of phenolic OH excluding ortho intramolecular Hbond substituents is 2. The topological polar surface area (TPSA) is 157 Å². The zero-order valence-corrected chi connectivity index (χ0v) is 44.2. The van der Waals surface area contributed by atoms with Crippen LogP contribution in [-0.4, -0.2) is 29.0 Å². The summed E-state index contributed by atoms with van der Waals surface area (Å²) in [5.74, 6) is -0.745. The fourth-order valence-corrected chi connectivity index (χ4v) is 7.47. The minimum absolute atomic E-state index is 0.0192. The molecule has 0 aromatic heterocycles. The van der Waals surface area contributed by atoms with E-state index in [0.29, 0.717) is 49.5 Å². The van der Waals surface area contributed by atoms with Gasteiger partial charge in [0.1, 0.15) is 23.7 Å². The van der Waals surface area contributed by atoms with Crippen LogP contribution in [-0.2, 0) is 16.4 Å². The summed E-state index contributed by atoms with van der Waals surface area (Å²) in [6.45, 7) is 2.04. The Morgan fingerprint density at radius 1 is 0.652 bits per heavy atom. The average Bonchev–Trinajstić information content (AvgIpc) is 3.57. The van der Waals surface area contributed by atoms with Gasteiger partial charge in [-0.15, -0.1) is 5.11 Å². The van der Waals surface area contributed by atoms with E-state index in [0.717, 1.165) is 38.2 Å². The normalized spacial score (nSPS) is 11.6. The first-order valence-corrected chi connectivity index (χ1v) is 34.1. The van der Waals surface area contributed by atoms with Gasteiger partial charge in [-0.1, -0.05) is 120 Å². The van der Waals surface area contributed by atoms with Crippen LogP contribution >= 0.6 is 83.1 Å². The number of benzene rings is 8. The average molecular weight is 1290 g/mol. The molecule has 66 heavy (non-hydrogen) atoms. The third-order valence-electron chi connectivity index (χ3n) is 10.1. The summed E-state index contributed by atoms with van der Waals surface area (Å²) in [6, 6.07) is 43.9. The molecule has 4 N–H and O–H groups in total. The molecule has 0 spiro atoms. The van der Waals surface area contributed by atoms with Gasteiger partial charge in [0.2, 0.25) is 0 Å². The molecule has 8 aromatic carbocycles. The molecule has 0 atom stereocenters. The van der Waals surface area contributed by atoms with Gasteiger partial charge in [0.25, 0.3) is 5.91 Å². The molecule has 0 saturated heterocycles. The number of halogens is 5. The van der Waals surface area contributed by atoms with Crippen LogP contribution in [0, 0.1) is 6.92 Å². The molecule has 9 rings (SSSR count). The van der Waals surface area contributed by atoms with Crippen molar-refractivity contribution in [2.24, 2.45) is 20.5 Å². The Balaban J connectivity index is 0.000000198. The quantitative estimate of drug-likeness (QED) is 0.0640.